The number of ether oxygens (including phenoxy) is 1. The van der Waals surface area contributed by atoms with Crippen LogP contribution in [-0.2, 0) is 9.53 Å². The molecule has 1 aliphatic rings. The van der Waals surface area contributed by atoms with Crippen LogP contribution in [0.2, 0.25) is 0 Å². The lowest BCUT2D eigenvalue weighted by atomic mass is 9.92. The highest BCUT2D eigenvalue weighted by Crippen LogP contribution is 2.28. The topological polar surface area (TPSA) is 26.3 Å². The molecule has 3 atom stereocenters. The minimum Gasteiger partial charge on any atom is -0.463 e. The van der Waals surface area contributed by atoms with Gasteiger partial charge < -0.3 is 4.74 Å². The minimum absolute atomic E-state index is 0.0941. The molecule has 22 heavy (non-hydrogen) atoms. The molecule has 0 N–H and O–H groups in total. The maximum absolute atomic E-state index is 12.1. The molecule has 0 aliphatic heterocycles. The number of hydrogen-bond acceptors (Lipinski definition) is 2. The molecule has 0 radical (unpaired) electrons. The maximum Gasteiger partial charge on any atom is 0.334 e. The summed E-state index contributed by atoms with van der Waals surface area (Å²) < 4.78 is 5.19. The average molecular weight is 296 g/mol. The van der Waals surface area contributed by atoms with Crippen molar-refractivity contribution >= 4 is 12.0 Å². The van der Waals surface area contributed by atoms with Crippen molar-refractivity contribution < 1.29 is 9.53 Å². The third kappa shape index (κ3) is 4.20. The number of benzene rings is 1. The summed E-state index contributed by atoms with van der Waals surface area (Å²) >= 11 is 0. The smallest absolute Gasteiger partial charge is 0.334 e. The van der Waals surface area contributed by atoms with Gasteiger partial charge in [0.1, 0.15) is 0 Å². The van der Waals surface area contributed by atoms with E-state index >= 15 is 0 Å². The molecule has 2 nitrogen and oxygen atoms in total. The van der Waals surface area contributed by atoms with E-state index in [0.717, 1.165) is 5.57 Å². The van der Waals surface area contributed by atoms with Crippen molar-refractivity contribution in [2.24, 2.45) is 17.8 Å². The van der Waals surface area contributed by atoms with Crippen molar-refractivity contribution in [2.45, 2.75) is 20.8 Å². The quantitative estimate of drug-likeness (QED) is 0.597. The first-order chi connectivity index (χ1) is 10.6. The van der Waals surface area contributed by atoms with E-state index in [9.17, 15) is 4.79 Å². The summed E-state index contributed by atoms with van der Waals surface area (Å²) in [5.41, 5.74) is 1.92. The standard InChI is InChI=1S/C20H24O2/c1-4-22-20(21)19-14-18(15(2)10-11-16(19)3)13-12-17-8-6-5-7-9-17/h5-16,18H,4H2,1-3H3/b13-12+/t15-,16-,18+/m1/s1. The second kappa shape index (κ2) is 7.79. The van der Waals surface area contributed by atoms with Crippen molar-refractivity contribution in [1.29, 1.82) is 0 Å². The Morgan fingerprint density at radius 3 is 2.59 bits per heavy atom. The van der Waals surface area contributed by atoms with E-state index in [4.69, 9.17) is 4.74 Å². The number of esters is 1. The van der Waals surface area contributed by atoms with Crippen LogP contribution in [0.15, 0.2) is 60.2 Å². The highest BCUT2D eigenvalue weighted by atomic mass is 16.5. The van der Waals surface area contributed by atoms with Gasteiger partial charge in [0.25, 0.3) is 0 Å². The third-order valence-electron chi connectivity index (χ3n) is 3.99. The van der Waals surface area contributed by atoms with Crippen LogP contribution < -0.4 is 0 Å². The summed E-state index contributed by atoms with van der Waals surface area (Å²) in [6.07, 6.45) is 10.6. The lowest BCUT2D eigenvalue weighted by Crippen LogP contribution is -2.14. The van der Waals surface area contributed by atoms with E-state index < -0.39 is 0 Å². The summed E-state index contributed by atoms with van der Waals surface area (Å²) in [6.45, 7) is 6.46. The summed E-state index contributed by atoms with van der Waals surface area (Å²) in [6, 6.07) is 10.2. The molecule has 1 aromatic rings. The second-order valence-corrected chi connectivity index (χ2v) is 5.72. The Labute approximate surface area is 133 Å². The van der Waals surface area contributed by atoms with E-state index in [0.29, 0.717) is 12.5 Å². The van der Waals surface area contributed by atoms with E-state index in [1.54, 1.807) is 0 Å². The fraction of sp³-hybridized carbons (Fsp3) is 0.350. The molecule has 0 bridgehead atoms. The number of carbonyl (C=O) groups is 1. The molecule has 0 aromatic heterocycles. The number of carbonyl (C=O) groups excluding carboxylic acids is 1. The maximum atomic E-state index is 12.1. The van der Waals surface area contributed by atoms with Crippen molar-refractivity contribution in [3.05, 3.63) is 65.8 Å². The first kappa shape index (κ1) is 16.3. The molecule has 0 amide bonds. The normalized spacial score (nSPS) is 24.9. The fourth-order valence-electron chi connectivity index (χ4n) is 2.57. The summed E-state index contributed by atoms with van der Waals surface area (Å²) in [4.78, 5) is 12.1. The fourth-order valence-corrected chi connectivity index (χ4v) is 2.57. The lowest BCUT2D eigenvalue weighted by molar-refractivity contribution is -0.138. The Morgan fingerprint density at radius 2 is 1.91 bits per heavy atom. The van der Waals surface area contributed by atoms with Gasteiger partial charge in [-0.3, -0.25) is 0 Å². The molecular formula is C20H24O2. The van der Waals surface area contributed by atoms with Crippen LogP contribution in [0.4, 0.5) is 0 Å². The molecule has 0 unspecified atom stereocenters. The van der Waals surface area contributed by atoms with Crippen LogP contribution in [0.1, 0.15) is 26.3 Å². The van der Waals surface area contributed by atoms with Gasteiger partial charge in [-0.05, 0) is 18.4 Å². The summed E-state index contributed by atoms with van der Waals surface area (Å²) in [5, 5.41) is 0. The van der Waals surface area contributed by atoms with Crippen molar-refractivity contribution in [3.63, 3.8) is 0 Å². The van der Waals surface area contributed by atoms with Gasteiger partial charge in [0.15, 0.2) is 0 Å². The highest BCUT2D eigenvalue weighted by molar-refractivity contribution is 5.89. The van der Waals surface area contributed by atoms with Gasteiger partial charge in [-0.15, -0.1) is 0 Å². The minimum atomic E-state index is -0.202. The van der Waals surface area contributed by atoms with Crippen molar-refractivity contribution in [2.75, 3.05) is 6.61 Å². The van der Waals surface area contributed by atoms with E-state index in [1.165, 1.54) is 5.56 Å². The average Bonchev–Trinajstić information content (AvgIpc) is 2.67. The van der Waals surface area contributed by atoms with Gasteiger partial charge in [0, 0.05) is 17.4 Å². The zero-order valence-corrected chi connectivity index (χ0v) is 13.5. The largest absolute Gasteiger partial charge is 0.463 e. The Kier molecular flexibility index (Phi) is 5.76. The zero-order valence-electron chi connectivity index (χ0n) is 13.5. The van der Waals surface area contributed by atoms with Crippen LogP contribution >= 0.6 is 0 Å². The van der Waals surface area contributed by atoms with Crippen LogP contribution in [0.5, 0.6) is 0 Å². The van der Waals surface area contributed by atoms with Gasteiger partial charge in [-0.2, -0.15) is 0 Å². The predicted molar refractivity (Wildman–Crippen MR) is 91.2 cm³/mol. The van der Waals surface area contributed by atoms with E-state index in [-0.39, 0.29) is 17.8 Å². The van der Waals surface area contributed by atoms with E-state index in [2.05, 4.69) is 49.4 Å². The summed E-state index contributed by atoms with van der Waals surface area (Å²) in [5.74, 6) is 0.443. The van der Waals surface area contributed by atoms with Gasteiger partial charge in [0.2, 0.25) is 0 Å². The van der Waals surface area contributed by atoms with Gasteiger partial charge in [-0.25, -0.2) is 4.79 Å². The first-order valence-electron chi connectivity index (χ1n) is 7.92. The lowest BCUT2D eigenvalue weighted by Gasteiger charge is -2.14. The van der Waals surface area contributed by atoms with Crippen LogP contribution in [0, 0.1) is 17.8 Å². The van der Waals surface area contributed by atoms with Crippen LogP contribution in [0.3, 0.4) is 0 Å². The van der Waals surface area contributed by atoms with Crippen molar-refractivity contribution in [3.8, 4) is 0 Å². The number of allylic oxidation sites excluding steroid dienone is 4. The predicted octanol–water partition coefficient (Wildman–Crippen LogP) is 4.65. The number of rotatable bonds is 4. The van der Waals surface area contributed by atoms with Crippen LogP contribution in [-0.4, -0.2) is 12.6 Å². The van der Waals surface area contributed by atoms with Gasteiger partial charge >= 0.3 is 5.97 Å². The Hall–Kier alpha value is -2.09. The molecule has 116 valence electrons. The molecule has 0 heterocycles. The molecule has 1 aliphatic carbocycles. The highest BCUT2D eigenvalue weighted by Gasteiger charge is 2.22. The Morgan fingerprint density at radius 1 is 1.18 bits per heavy atom. The molecule has 0 spiro atoms. The van der Waals surface area contributed by atoms with E-state index in [1.807, 2.05) is 32.0 Å². The molecule has 1 aromatic carbocycles. The Bertz CT molecular complexity index is 581. The molecular weight excluding hydrogens is 272 g/mol. The van der Waals surface area contributed by atoms with Gasteiger partial charge in [0.05, 0.1) is 6.61 Å². The Balaban J connectivity index is 2.25. The first-order valence-corrected chi connectivity index (χ1v) is 7.92. The van der Waals surface area contributed by atoms with Gasteiger partial charge in [-0.1, -0.05) is 74.6 Å². The monoisotopic (exact) mass is 296 g/mol. The molecule has 2 heteroatoms. The van der Waals surface area contributed by atoms with Crippen molar-refractivity contribution in [1.82, 2.24) is 0 Å². The molecule has 0 saturated carbocycles. The molecule has 0 saturated heterocycles. The summed E-state index contributed by atoms with van der Waals surface area (Å²) in [7, 11) is 0. The third-order valence-corrected chi connectivity index (χ3v) is 3.99. The molecule has 0 fully saturated rings. The SMILES string of the molecule is CCOC(=O)C1=C[C@H](/C=C/c2ccccc2)[C@H](C)C=C[C@H]1C. The molecule has 2 rings (SSSR count). The number of hydrogen-bond donors (Lipinski definition) is 0. The second-order valence-electron chi connectivity index (χ2n) is 5.72. The van der Waals surface area contributed by atoms with Crippen LogP contribution in [0.25, 0.3) is 6.08 Å². The zero-order chi connectivity index (χ0) is 15.9.